The van der Waals surface area contributed by atoms with E-state index in [4.69, 9.17) is 0 Å². The van der Waals surface area contributed by atoms with Crippen molar-refractivity contribution in [2.75, 3.05) is 0 Å². The normalized spacial score (nSPS) is 27.4. The smallest absolute Gasteiger partial charge is 0.307 e. The van der Waals surface area contributed by atoms with Crippen molar-refractivity contribution in [1.29, 1.82) is 0 Å². The molecule has 1 aromatic carbocycles. The zero-order chi connectivity index (χ0) is 18.3. The third-order valence-electron chi connectivity index (χ3n) is 5.46. The van der Waals surface area contributed by atoms with Crippen molar-refractivity contribution in [3.8, 4) is 5.69 Å². The van der Waals surface area contributed by atoms with E-state index in [0.717, 1.165) is 17.7 Å². The van der Waals surface area contributed by atoms with E-state index in [-0.39, 0.29) is 23.8 Å². The Labute approximate surface area is 150 Å². The Morgan fingerprint density at radius 1 is 1.27 bits per heavy atom. The summed E-state index contributed by atoms with van der Waals surface area (Å²) in [7, 11) is 0. The number of carbonyl (C=O) groups is 2. The Morgan fingerprint density at radius 3 is 2.73 bits per heavy atom. The van der Waals surface area contributed by atoms with Gasteiger partial charge in [0.1, 0.15) is 12.7 Å². The molecule has 5 unspecified atom stereocenters. The van der Waals surface area contributed by atoms with Crippen LogP contribution in [0.3, 0.4) is 0 Å². The monoisotopic (exact) mass is 352 g/mol. The van der Waals surface area contributed by atoms with Crippen molar-refractivity contribution in [2.45, 2.75) is 19.4 Å². The maximum atomic E-state index is 12.8. The molecule has 0 radical (unpaired) electrons. The second-order valence-corrected chi connectivity index (χ2v) is 7.00. The zero-order valence-corrected chi connectivity index (χ0v) is 14.3. The predicted octanol–water partition coefficient (Wildman–Crippen LogP) is 1.97. The van der Waals surface area contributed by atoms with Gasteiger partial charge in [0, 0.05) is 0 Å². The van der Waals surface area contributed by atoms with Crippen LogP contribution in [0.1, 0.15) is 24.9 Å². The van der Waals surface area contributed by atoms with Crippen molar-refractivity contribution in [1.82, 2.24) is 20.1 Å². The van der Waals surface area contributed by atoms with E-state index < -0.39 is 17.8 Å². The highest BCUT2D eigenvalue weighted by Gasteiger charge is 2.51. The van der Waals surface area contributed by atoms with Gasteiger partial charge in [-0.15, -0.1) is 0 Å². The van der Waals surface area contributed by atoms with Crippen LogP contribution in [-0.2, 0) is 9.59 Å². The highest BCUT2D eigenvalue weighted by molar-refractivity contribution is 5.87. The van der Waals surface area contributed by atoms with Gasteiger partial charge in [-0.2, -0.15) is 5.10 Å². The molecule has 1 fully saturated rings. The standard InChI is InChI=1S/C19H20N4O3/c1-11(12-3-2-4-15(8-12)23-10-20-9-21-23)22-18(24)16-13-5-6-14(7-13)17(16)19(25)26/h2-6,8-11,13-14,16-17H,7H2,1H3,(H,22,24)(H,25,26). The van der Waals surface area contributed by atoms with Gasteiger partial charge >= 0.3 is 5.97 Å². The van der Waals surface area contributed by atoms with Crippen LogP contribution in [0.25, 0.3) is 5.69 Å². The SMILES string of the molecule is CC(NC(=O)C1C2C=CC(C2)C1C(=O)O)c1cccc(-n2cncn2)c1. The quantitative estimate of drug-likeness (QED) is 0.802. The first-order valence-electron chi connectivity index (χ1n) is 8.71. The van der Waals surface area contributed by atoms with Gasteiger partial charge in [-0.05, 0) is 42.9 Å². The highest BCUT2D eigenvalue weighted by atomic mass is 16.4. The average molecular weight is 352 g/mol. The number of rotatable bonds is 5. The number of benzene rings is 1. The van der Waals surface area contributed by atoms with Crippen LogP contribution < -0.4 is 5.32 Å². The van der Waals surface area contributed by atoms with Gasteiger partial charge in [-0.3, -0.25) is 9.59 Å². The van der Waals surface area contributed by atoms with E-state index in [1.54, 1.807) is 11.0 Å². The second-order valence-electron chi connectivity index (χ2n) is 7.00. The fraction of sp³-hybridized carbons (Fsp3) is 0.368. The lowest BCUT2D eigenvalue weighted by molar-refractivity contribution is -0.148. The molecule has 1 amide bonds. The Kier molecular flexibility index (Phi) is 4.06. The Hall–Kier alpha value is -2.96. The van der Waals surface area contributed by atoms with Crippen molar-refractivity contribution < 1.29 is 14.7 Å². The minimum atomic E-state index is -0.886. The molecule has 7 nitrogen and oxygen atoms in total. The van der Waals surface area contributed by atoms with Gasteiger partial charge in [-0.25, -0.2) is 9.67 Å². The summed E-state index contributed by atoms with van der Waals surface area (Å²) in [5.41, 5.74) is 1.78. The van der Waals surface area contributed by atoms with Crippen LogP contribution in [0.5, 0.6) is 0 Å². The summed E-state index contributed by atoms with van der Waals surface area (Å²) >= 11 is 0. The van der Waals surface area contributed by atoms with Gasteiger partial charge < -0.3 is 10.4 Å². The lowest BCUT2D eigenvalue weighted by atomic mass is 9.82. The molecule has 2 aliphatic rings. The number of allylic oxidation sites excluding steroid dienone is 2. The molecule has 0 spiro atoms. The van der Waals surface area contributed by atoms with E-state index in [9.17, 15) is 14.7 Å². The molecule has 5 atom stereocenters. The lowest BCUT2D eigenvalue weighted by Gasteiger charge is -2.26. The van der Waals surface area contributed by atoms with Gasteiger partial charge in [0.15, 0.2) is 0 Å². The first kappa shape index (κ1) is 16.5. The van der Waals surface area contributed by atoms with E-state index >= 15 is 0 Å². The van der Waals surface area contributed by atoms with E-state index in [1.165, 1.54) is 6.33 Å². The number of aliphatic carboxylic acids is 1. The number of hydrogen-bond donors (Lipinski definition) is 2. The second kappa shape index (κ2) is 6.40. The Morgan fingerprint density at radius 2 is 2.04 bits per heavy atom. The molecule has 26 heavy (non-hydrogen) atoms. The minimum Gasteiger partial charge on any atom is -0.481 e. The van der Waals surface area contributed by atoms with Crippen LogP contribution in [0.4, 0.5) is 0 Å². The molecule has 2 N–H and O–H groups in total. The number of carboxylic acid groups (broad SMARTS) is 1. The van der Waals surface area contributed by atoms with Gasteiger partial charge in [0.05, 0.1) is 23.6 Å². The average Bonchev–Trinajstić information content (AvgIpc) is 3.37. The number of aromatic nitrogens is 3. The summed E-state index contributed by atoms with van der Waals surface area (Å²) in [5.74, 6) is -2.20. The molecule has 0 saturated heterocycles. The molecule has 2 bridgehead atoms. The number of carboxylic acids is 1. The molecule has 2 aliphatic carbocycles. The number of hydrogen-bond acceptors (Lipinski definition) is 4. The first-order valence-corrected chi connectivity index (χ1v) is 8.71. The topological polar surface area (TPSA) is 97.1 Å². The van der Waals surface area contributed by atoms with E-state index in [2.05, 4.69) is 15.4 Å². The highest BCUT2D eigenvalue weighted by Crippen LogP contribution is 2.48. The van der Waals surface area contributed by atoms with Crippen LogP contribution in [0.2, 0.25) is 0 Å². The molecule has 1 saturated carbocycles. The molecule has 134 valence electrons. The van der Waals surface area contributed by atoms with Crippen LogP contribution in [-0.4, -0.2) is 31.7 Å². The number of nitrogens with one attached hydrogen (secondary N) is 1. The molecular formula is C19H20N4O3. The van der Waals surface area contributed by atoms with Crippen molar-refractivity contribution in [3.05, 3.63) is 54.6 Å². The van der Waals surface area contributed by atoms with E-state index in [0.29, 0.717) is 0 Å². The molecule has 1 aromatic heterocycles. The fourth-order valence-corrected chi connectivity index (χ4v) is 4.19. The number of carbonyl (C=O) groups excluding carboxylic acids is 1. The third-order valence-corrected chi connectivity index (χ3v) is 5.46. The van der Waals surface area contributed by atoms with Gasteiger partial charge in [0.2, 0.25) is 5.91 Å². The van der Waals surface area contributed by atoms with Gasteiger partial charge in [-0.1, -0.05) is 24.3 Å². The summed E-state index contributed by atoms with van der Waals surface area (Å²) in [6, 6.07) is 7.45. The van der Waals surface area contributed by atoms with Gasteiger partial charge in [0.25, 0.3) is 0 Å². The van der Waals surface area contributed by atoms with Crippen LogP contribution in [0.15, 0.2) is 49.1 Å². The third kappa shape index (κ3) is 2.79. The maximum absolute atomic E-state index is 12.8. The largest absolute Gasteiger partial charge is 0.481 e. The number of nitrogens with zero attached hydrogens (tertiary/aromatic N) is 3. The lowest BCUT2D eigenvalue weighted by Crippen LogP contribution is -2.41. The summed E-state index contributed by atoms with van der Waals surface area (Å²) < 4.78 is 1.65. The Bertz CT molecular complexity index is 861. The summed E-state index contributed by atoms with van der Waals surface area (Å²) in [6.07, 6.45) is 7.77. The number of amides is 1. The number of fused-ring (bicyclic) bond motifs is 2. The van der Waals surface area contributed by atoms with Crippen molar-refractivity contribution in [3.63, 3.8) is 0 Å². The predicted molar refractivity (Wildman–Crippen MR) is 93.3 cm³/mol. The first-order chi connectivity index (χ1) is 12.5. The van der Waals surface area contributed by atoms with Crippen molar-refractivity contribution >= 4 is 11.9 Å². The molecule has 4 rings (SSSR count). The zero-order valence-electron chi connectivity index (χ0n) is 14.3. The summed E-state index contributed by atoms with van der Waals surface area (Å²) in [6.45, 7) is 1.90. The molecule has 1 heterocycles. The summed E-state index contributed by atoms with van der Waals surface area (Å²) in [5, 5.41) is 16.6. The van der Waals surface area contributed by atoms with Crippen molar-refractivity contribution in [2.24, 2.45) is 23.7 Å². The molecule has 2 aromatic rings. The van der Waals surface area contributed by atoms with Crippen LogP contribution >= 0.6 is 0 Å². The maximum Gasteiger partial charge on any atom is 0.307 e. The molecule has 0 aliphatic heterocycles. The molecule has 7 heteroatoms. The van der Waals surface area contributed by atoms with E-state index in [1.807, 2.05) is 43.3 Å². The minimum absolute atomic E-state index is 0.0229. The summed E-state index contributed by atoms with van der Waals surface area (Å²) in [4.78, 5) is 28.4. The molecular weight excluding hydrogens is 332 g/mol. The van der Waals surface area contributed by atoms with Crippen LogP contribution in [0, 0.1) is 23.7 Å². The fourth-order valence-electron chi connectivity index (χ4n) is 4.19. The Balaban J connectivity index is 1.51.